The van der Waals surface area contributed by atoms with Gasteiger partial charge >= 0.3 is 0 Å². The van der Waals surface area contributed by atoms with Crippen molar-refractivity contribution < 1.29 is 4.79 Å². The van der Waals surface area contributed by atoms with Gasteiger partial charge in [0.25, 0.3) is 0 Å². The third-order valence-corrected chi connectivity index (χ3v) is 1.65. The van der Waals surface area contributed by atoms with Crippen LogP contribution < -0.4 is 0 Å². The van der Waals surface area contributed by atoms with Crippen molar-refractivity contribution >= 4 is 6.29 Å². The van der Waals surface area contributed by atoms with E-state index in [1.807, 2.05) is 18.7 Å². The number of imidazole rings is 1. The van der Waals surface area contributed by atoms with Gasteiger partial charge in [-0.15, -0.1) is 0 Å². The van der Waals surface area contributed by atoms with E-state index in [0.717, 1.165) is 19.4 Å². The van der Waals surface area contributed by atoms with Crippen molar-refractivity contribution in [2.75, 3.05) is 20.6 Å². The lowest BCUT2D eigenvalue weighted by Crippen LogP contribution is -2.18. The van der Waals surface area contributed by atoms with E-state index in [0.29, 0.717) is 5.69 Å². The normalized spacial score (nSPS) is 10.6. The number of aromatic nitrogens is 2. The van der Waals surface area contributed by atoms with Gasteiger partial charge in [0.05, 0.1) is 12.5 Å². The van der Waals surface area contributed by atoms with Crippen LogP contribution in [0.15, 0.2) is 12.5 Å². The predicted octanol–water partition coefficient (Wildman–Crippen LogP) is 0.257. The van der Waals surface area contributed by atoms with Gasteiger partial charge in [-0.25, -0.2) is 4.98 Å². The minimum absolute atomic E-state index is 0.636. The molecule has 0 aliphatic rings. The molecule has 1 aromatic rings. The van der Waals surface area contributed by atoms with Gasteiger partial charge in [0.15, 0.2) is 6.29 Å². The second kappa shape index (κ2) is 4.01. The Hall–Kier alpha value is -1.16. The second-order valence-electron chi connectivity index (χ2n) is 2.93. The fourth-order valence-electron chi connectivity index (χ4n) is 0.924. The molecular weight excluding hydrogens is 154 g/mol. The molecule has 4 nitrogen and oxygen atoms in total. The van der Waals surface area contributed by atoms with Crippen LogP contribution >= 0.6 is 0 Å². The smallest absolute Gasteiger partial charge is 0.168 e. The molecule has 0 atom stereocenters. The molecule has 0 unspecified atom stereocenters. The largest absolute Gasteiger partial charge is 0.327 e. The standard InChI is InChI=1S/C8H13N3O/c1-10(2)3-4-11-7-9-5-8(11)6-12/h5-7H,3-4H2,1-2H3. The van der Waals surface area contributed by atoms with Crippen LogP contribution in [-0.2, 0) is 6.54 Å². The molecule has 0 amide bonds. The number of aldehydes is 1. The zero-order valence-corrected chi connectivity index (χ0v) is 7.40. The van der Waals surface area contributed by atoms with Crippen LogP contribution in [0.5, 0.6) is 0 Å². The molecule has 0 radical (unpaired) electrons. The summed E-state index contributed by atoms with van der Waals surface area (Å²) in [6.07, 6.45) is 4.07. The molecule has 0 N–H and O–H groups in total. The van der Waals surface area contributed by atoms with Crippen molar-refractivity contribution in [1.82, 2.24) is 14.5 Å². The lowest BCUT2D eigenvalue weighted by Gasteiger charge is -2.10. The summed E-state index contributed by atoms with van der Waals surface area (Å²) in [5.74, 6) is 0. The van der Waals surface area contributed by atoms with Gasteiger partial charge < -0.3 is 9.47 Å². The van der Waals surface area contributed by atoms with Gasteiger partial charge in [-0.3, -0.25) is 4.79 Å². The average molecular weight is 167 g/mol. The molecule has 0 aliphatic carbocycles. The van der Waals surface area contributed by atoms with Crippen molar-refractivity contribution in [3.63, 3.8) is 0 Å². The molecule has 0 saturated heterocycles. The van der Waals surface area contributed by atoms with Crippen molar-refractivity contribution in [1.29, 1.82) is 0 Å². The van der Waals surface area contributed by atoms with Crippen LogP contribution in [0.1, 0.15) is 10.5 Å². The van der Waals surface area contributed by atoms with Crippen LogP contribution in [0.4, 0.5) is 0 Å². The molecule has 0 fully saturated rings. The highest BCUT2D eigenvalue weighted by molar-refractivity contribution is 5.71. The maximum Gasteiger partial charge on any atom is 0.168 e. The van der Waals surface area contributed by atoms with Crippen molar-refractivity contribution in [3.05, 3.63) is 18.2 Å². The number of rotatable bonds is 4. The number of likely N-dealkylation sites (N-methyl/N-ethyl adjacent to an activating group) is 1. The summed E-state index contributed by atoms with van der Waals surface area (Å²) in [4.78, 5) is 16.4. The summed E-state index contributed by atoms with van der Waals surface area (Å²) in [5, 5.41) is 0. The van der Waals surface area contributed by atoms with E-state index < -0.39 is 0 Å². The van der Waals surface area contributed by atoms with Gasteiger partial charge in [0.1, 0.15) is 5.69 Å². The molecular formula is C8H13N3O. The molecule has 0 saturated carbocycles. The fourth-order valence-corrected chi connectivity index (χ4v) is 0.924. The van der Waals surface area contributed by atoms with E-state index in [1.165, 1.54) is 0 Å². The SMILES string of the molecule is CN(C)CCn1cncc1C=O. The first-order valence-electron chi connectivity index (χ1n) is 3.84. The predicted molar refractivity (Wildman–Crippen MR) is 46.2 cm³/mol. The Labute approximate surface area is 71.8 Å². The zero-order chi connectivity index (χ0) is 8.97. The summed E-state index contributed by atoms with van der Waals surface area (Å²) < 4.78 is 1.84. The summed E-state index contributed by atoms with van der Waals surface area (Å²) in [6, 6.07) is 0. The summed E-state index contributed by atoms with van der Waals surface area (Å²) in [5.41, 5.74) is 0.636. The molecule has 1 aromatic heterocycles. The van der Waals surface area contributed by atoms with Crippen molar-refractivity contribution in [2.24, 2.45) is 0 Å². The topological polar surface area (TPSA) is 38.1 Å². The van der Waals surface area contributed by atoms with Gasteiger partial charge in [-0.05, 0) is 14.1 Å². The number of hydrogen-bond donors (Lipinski definition) is 0. The van der Waals surface area contributed by atoms with E-state index >= 15 is 0 Å². The maximum atomic E-state index is 10.5. The quantitative estimate of drug-likeness (QED) is 0.604. The highest BCUT2D eigenvalue weighted by Crippen LogP contribution is 1.94. The summed E-state index contributed by atoms with van der Waals surface area (Å²) >= 11 is 0. The first-order chi connectivity index (χ1) is 5.74. The van der Waals surface area contributed by atoms with Crippen LogP contribution in [-0.4, -0.2) is 41.4 Å². The summed E-state index contributed by atoms with van der Waals surface area (Å²) in [6.45, 7) is 1.72. The molecule has 0 spiro atoms. The average Bonchev–Trinajstić information content (AvgIpc) is 2.47. The van der Waals surface area contributed by atoms with Gasteiger partial charge in [-0.2, -0.15) is 0 Å². The number of carbonyl (C=O) groups is 1. The molecule has 12 heavy (non-hydrogen) atoms. The number of hydrogen-bond acceptors (Lipinski definition) is 3. The van der Waals surface area contributed by atoms with E-state index in [2.05, 4.69) is 9.88 Å². The second-order valence-corrected chi connectivity index (χ2v) is 2.93. The van der Waals surface area contributed by atoms with Gasteiger partial charge in [-0.1, -0.05) is 0 Å². The van der Waals surface area contributed by atoms with E-state index in [4.69, 9.17) is 0 Å². The van der Waals surface area contributed by atoms with Crippen LogP contribution in [0, 0.1) is 0 Å². The first kappa shape index (κ1) is 8.93. The Morgan fingerprint density at radius 2 is 2.42 bits per heavy atom. The molecule has 4 heteroatoms. The molecule has 0 bridgehead atoms. The third kappa shape index (κ3) is 2.17. The van der Waals surface area contributed by atoms with Crippen LogP contribution in [0.25, 0.3) is 0 Å². The third-order valence-electron chi connectivity index (χ3n) is 1.65. The molecule has 66 valence electrons. The maximum absolute atomic E-state index is 10.5. The van der Waals surface area contributed by atoms with E-state index in [1.54, 1.807) is 12.5 Å². The van der Waals surface area contributed by atoms with Crippen molar-refractivity contribution in [3.8, 4) is 0 Å². The Balaban J connectivity index is 2.56. The Bertz CT molecular complexity index is 255. The number of carbonyl (C=O) groups excluding carboxylic acids is 1. The monoisotopic (exact) mass is 167 g/mol. The Morgan fingerprint density at radius 1 is 1.67 bits per heavy atom. The van der Waals surface area contributed by atoms with Crippen LogP contribution in [0.3, 0.4) is 0 Å². The van der Waals surface area contributed by atoms with E-state index in [9.17, 15) is 4.79 Å². The minimum Gasteiger partial charge on any atom is -0.327 e. The van der Waals surface area contributed by atoms with Gasteiger partial charge in [0, 0.05) is 13.1 Å². The zero-order valence-electron chi connectivity index (χ0n) is 7.40. The van der Waals surface area contributed by atoms with Gasteiger partial charge in [0.2, 0.25) is 0 Å². The molecule has 0 aliphatic heterocycles. The molecule has 0 aromatic carbocycles. The van der Waals surface area contributed by atoms with E-state index in [-0.39, 0.29) is 0 Å². The first-order valence-corrected chi connectivity index (χ1v) is 3.84. The Morgan fingerprint density at radius 3 is 3.00 bits per heavy atom. The highest BCUT2D eigenvalue weighted by Gasteiger charge is 1.99. The minimum atomic E-state index is 0.636. The molecule has 1 rings (SSSR count). The highest BCUT2D eigenvalue weighted by atomic mass is 16.1. The number of nitrogens with zero attached hydrogens (tertiary/aromatic N) is 3. The summed E-state index contributed by atoms with van der Waals surface area (Å²) in [7, 11) is 4.00. The van der Waals surface area contributed by atoms with Crippen LogP contribution in [0.2, 0.25) is 0 Å². The fraction of sp³-hybridized carbons (Fsp3) is 0.500. The lowest BCUT2D eigenvalue weighted by atomic mass is 10.5. The lowest BCUT2D eigenvalue weighted by molar-refractivity contribution is 0.111. The molecule has 1 heterocycles. The van der Waals surface area contributed by atoms with Crippen molar-refractivity contribution in [2.45, 2.75) is 6.54 Å². The Kier molecular flexibility index (Phi) is 2.99.